The molecule has 0 heterocycles. The molecule has 0 fully saturated rings. The third-order valence-corrected chi connectivity index (χ3v) is 4.45. The van der Waals surface area contributed by atoms with Gasteiger partial charge in [0.2, 0.25) is 0 Å². The summed E-state index contributed by atoms with van der Waals surface area (Å²) in [6, 6.07) is 23.0. The van der Waals surface area contributed by atoms with E-state index in [0.29, 0.717) is 0 Å². The summed E-state index contributed by atoms with van der Waals surface area (Å²) in [5.41, 5.74) is 17.1. The van der Waals surface area contributed by atoms with Gasteiger partial charge in [0.05, 0.1) is 0 Å². The molecule has 0 aliphatic carbocycles. The molecule has 0 unspecified atom stereocenters. The molecule has 23 heavy (non-hydrogen) atoms. The summed E-state index contributed by atoms with van der Waals surface area (Å²) >= 11 is 0. The molecule has 0 aliphatic heterocycles. The van der Waals surface area contributed by atoms with E-state index in [1.165, 1.54) is 32.7 Å². The third kappa shape index (κ3) is 2.20. The molecule has 4 aromatic rings. The van der Waals surface area contributed by atoms with Crippen LogP contribution in [-0.4, -0.2) is 0 Å². The van der Waals surface area contributed by atoms with E-state index in [1.807, 2.05) is 12.1 Å². The van der Waals surface area contributed by atoms with E-state index in [0.717, 1.165) is 16.9 Å². The van der Waals surface area contributed by atoms with Crippen molar-refractivity contribution in [3.8, 4) is 11.1 Å². The summed E-state index contributed by atoms with van der Waals surface area (Å²) in [5, 5.41) is 4.85. The van der Waals surface area contributed by atoms with Gasteiger partial charge in [-0.2, -0.15) is 0 Å². The first-order chi connectivity index (χ1) is 11.1. The molecule has 0 atom stereocenters. The normalized spacial score (nSPS) is 11.2. The first-order valence-electron chi connectivity index (χ1n) is 7.71. The van der Waals surface area contributed by atoms with Gasteiger partial charge in [-0.25, -0.2) is 0 Å². The van der Waals surface area contributed by atoms with Crippen molar-refractivity contribution < 1.29 is 0 Å². The van der Waals surface area contributed by atoms with Gasteiger partial charge in [0.1, 0.15) is 0 Å². The highest BCUT2D eigenvalue weighted by molar-refractivity contribution is 6.13. The van der Waals surface area contributed by atoms with Crippen LogP contribution in [0.15, 0.2) is 66.7 Å². The largest absolute Gasteiger partial charge is 0.399 e. The standard InChI is InChI=1S/C21H18N2/c1-13-10-19-16(12-20(13)23)11-15-4-2-3-5-18(15)21(19)14-6-8-17(22)9-7-14/h2-12H,22-23H2,1H3. The zero-order valence-corrected chi connectivity index (χ0v) is 13.0. The number of rotatable bonds is 1. The Labute approximate surface area is 135 Å². The molecule has 0 radical (unpaired) electrons. The van der Waals surface area contributed by atoms with Crippen molar-refractivity contribution in [2.45, 2.75) is 6.92 Å². The Balaban J connectivity index is 2.20. The summed E-state index contributed by atoms with van der Waals surface area (Å²) in [6.07, 6.45) is 0. The van der Waals surface area contributed by atoms with Gasteiger partial charge in [0.15, 0.2) is 0 Å². The maximum atomic E-state index is 6.12. The summed E-state index contributed by atoms with van der Waals surface area (Å²) in [7, 11) is 0. The predicted octanol–water partition coefficient (Wildman–Crippen LogP) is 5.13. The van der Waals surface area contributed by atoms with E-state index in [-0.39, 0.29) is 0 Å². The summed E-state index contributed by atoms with van der Waals surface area (Å²) in [6.45, 7) is 2.05. The van der Waals surface area contributed by atoms with E-state index in [1.54, 1.807) is 0 Å². The molecule has 0 amide bonds. The van der Waals surface area contributed by atoms with E-state index in [4.69, 9.17) is 11.5 Å². The maximum Gasteiger partial charge on any atom is 0.0350 e. The average molecular weight is 298 g/mol. The Morgan fingerprint density at radius 3 is 2.22 bits per heavy atom. The van der Waals surface area contributed by atoms with Crippen LogP contribution in [0.25, 0.3) is 32.7 Å². The van der Waals surface area contributed by atoms with Crippen molar-refractivity contribution in [1.82, 2.24) is 0 Å². The van der Waals surface area contributed by atoms with E-state index in [2.05, 4.69) is 61.5 Å². The zero-order valence-electron chi connectivity index (χ0n) is 13.0. The Hall–Kier alpha value is -3.00. The van der Waals surface area contributed by atoms with E-state index >= 15 is 0 Å². The van der Waals surface area contributed by atoms with Crippen molar-refractivity contribution in [3.05, 3.63) is 72.3 Å². The monoisotopic (exact) mass is 298 g/mol. The number of hydrogen-bond acceptors (Lipinski definition) is 2. The van der Waals surface area contributed by atoms with Crippen LogP contribution in [0.2, 0.25) is 0 Å². The number of nitrogen functional groups attached to an aromatic ring is 2. The van der Waals surface area contributed by atoms with Gasteiger partial charge in [-0.15, -0.1) is 0 Å². The van der Waals surface area contributed by atoms with Crippen LogP contribution in [0.4, 0.5) is 11.4 Å². The Kier molecular flexibility index (Phi) is 2.98. The lowest BCUT2D eigenvalue weighted by molar-refractivity contribution is 1.50. The fraction of sp³-hybridized carbons (Fsp3) is 0.0476. The second kappa shape index (κ2) is 5.03. The van der Waals surface area contributed by atoms with Gasteiger partial charge >= 0.3 is 0 Å². The molecule has 0 saturated heterocycles. The Morgan fingerprint density at radius 2 is 1.43 bits per heavy atom. The minimum absolute atomic E-state index is 0.777. The maximum absolute atomic E-state index is 6.12. The molecule has 4 N–H and O–H groups in total. The molecular weight excluding hydrogens is 280 g/mol. The van der Waals surface area contributed by atoms with Crippen molar-refractivity contribution in [3.63, 3.8) is 0 Å². The van der Waals surface area contributed by atoms with Crippen LogP contribution in [0, 0.1) is 6.92 Å². The second-order valence-corrected chi connectivity index (χ2v) is 6.02. The highest BCUT2D eigenvalue weighted by atomic mass is 14.6. The van der Waals surface area contributed by atoms with Gasteiger partial charge in [-0.3, -0.25) is 0 Å². The average Bonchev–Trinajstić information content (AvgIpc) is 2.55. The van der Waals surface area contributed by atoms with Crippen LogP contribution < -0.4 is 11.5 Å². The topological polar surface area (TPSA) is 52.0 Å². The van der Waals surface area contributed by atoms with Gasteiger partial charge in [-0.05, 0) is 75.5 Å². The number of benzene rings is 4. The molecular formula is C21H18N2. The van der Waals surface area contributed by atoms with Gasteiger partial charge < -0.3 is 11.5 Å². The molecule has 4 rings (SSSR count). The van der Waals surface area contributed by atoms with Crippen molar-refractivity contribution in [1.29, 1.82) is 0 Å². The van der Waals surface area contributed by atoms with Crippen LogP contribution in [0.5, 0.6) is 0 Å². The Morgan fingerprint density at radius 1 is 0.696 bits per heavy atom. The fourth-order valence-corrected chi connectivity index (χ4v) is 3.20. The van der Waals surface area contributed by atoms with Gasteiger partial charge in [0.25, 0.3) is 0 Å². The first kappa shape index (κ1) is 13.6. The third-order valence-electron chi connectivity index (χ3n) is 4.45. The van der Waals surface area contributed by atoms with E-state index in [9.17, 15) is 0 Å². The predicted molar refractivity (Wildman–Crippen MR) is 100 cm³/mol. The Bertz CT molecular complexity index is 1030. The molecule has 0 aromatic heterocycles. The number of nitrogens with two attached hydrogens (primary N) is 2. The first-order valence-corrected chi connectivity index (χ1v) is 7.71. The summed E-state index contributed by atoms with van der Waals surface area (Å²) in [4.78, 5) is 0. The molecule has 2 heteroatoms. The number of anilines is 2. The minimum Gasteiger partial charge on any atom is -0.399 e. The quantitative estimate of drug-likeness (QED) is 0.378. The number of fused-ring (bicyclic) bond motifs is 2. The molecule has 112 valence electrons. The molecule has 4 aromatic carbocycles. The fourth-order valence-electron chi connectivity index (χ4n) is 3.20. The van der Waals surface area contributed by atoms with Crippen LogP contribution >= 0.6 is 0 Å². The van der Waals surface area contributed by atoms with Crippen LogP contribution in [0.1, 0.15) is 5.56 Å². The smallest absolute Gasteiger partial charge is 0.0350 e. The zero-order chi connectivity index (χ0) is 16.0. The number of hydrogen-bond donors (Lipinski definition) is 2. The van der Waals surface area contributed by atoms with Gasteiger partial charge in [0, 0.05) is 11.4 Å². The lowest BCUT2D eigenvalue weighted by atomic mass is 9.91. The van der Waals surface area contributed by atoms with Crippen LogP contribution in [-0.2, 0) is 0 Å². The highest BCUT2D eigenvalue weighted by Gasteiger charge is 2.11. The lowest BCUT2D eigenvalue weighted by Crippen LogP contribution is -1.92. The lowest BCUT2D eigenvalue weighted by Gasteiger charge is -2.14. The van der Waals surface area contributed by atoms with E-state index < -0.39 is 0 Å². The van der Waals surface area contributed by atoms with Gasteiger partial charge in [-0.1, -0.05) is 36.4 Å². The highest BCUT2D eigenvalue weighted by Crippen LogP contribution is 2.38. The molecule has 0 aliphatic rings. The molecule has 0 saturated carbocycles. The second-order valence-electron chi connectivity index (χ2n) is 6.02. The van der Waals surface area contributed by atoms with Crippen molar-refractivity contribution in [2.75, 3.05) is 11.5 Å². The molecule has 0 spiro atoms. The minimum atomic E-state index is 0.777. The summed E-state index contributed by atoms with van der Waals surface area (Å²) < 4.78 is 0. The van der Waals surface area contributed by atoms with Crippen molar-refractivity contribution >= 4 is 32.9 Å². The molecule has 2 nitrogen and oxygen atoms in total. The molecule has 0 bridgehead atoms. The summed E-state index contributed by atoms with van der Waals surface area (Å²) in [5.74, 6) is 0. The van der Waals surface area contributed by atoms with Crippen LogP contribution in [0.3, 0.4) is 0 Å². The van der Waals surface area contributed by atoms with Crippen molar-refractivity contribution in [2.24, 2.45) is 0 Å². The number of aryl methyl sites for hydroxylation is 1. The SMILES string of the molecule is Cc1cc2c(-c3ccc(N)cc3)c3ccccc3cc2cc1N.